The van der Waals surface area contributed by atoms with Gasteiger partial charge in [-0.15, -0.1) is 0 Å². The van der Waals surface area contributed by atoms with Crippen molar-refractivity contribution in [2.75, 3.05) is 31.7 Å². The number of nitrogens with one attached hydrogen (secondary N) is 1. The number of benzene rings is 2. The van der Waals surface area contributed by atoms with Crippen LogP contribution >= 0.6 is 11.6 Å². The van der Waals surface area contributed by atoms with E-state index in [4.69, 9.17) is 26.2 Å². The highest BCUT2D eigenvalue weighted by Gasteiger charge is 2.18. The molecule has 0 atom stereocenters. The number of nitro benzene ring substituents is 1. The number of carbonyl (C=O) groups is 1. The average Bonchev–Trinajstić information content (AvgIpc) is 2.64. The van der Waals surface area contributed by atoms with Crippen molar-refractivity contribution in [1.29, 1.82) is 0 Å². The zero-order valence-electron chi connectivity index (χ0n) is 13.7. The van der Waals surface area contributed by atoms with Crippen LogP contribution < -0.4 is 10.1 Å². The molecule has 2 aromatic rings. The second kappa shape index (κ2) is 9.59. The van der Waals surface area contributed by atoms with Gasteiger partial charge in [-0.1, -0.05) is 23.7 Å². The summed E-state index contributed by atoms with van der Waals surface area (Å²) in [4.78, 5) is 22.6. The molecule has 0 aliphatic carbocycles. The van der Waals surface area contributed by atoms with Gasteiger partial charge < -0.3 is 19.9 Å². The molecule has 138 valence electrons. The maximum Gasteiger partial charge on any atom is 0.340 e. The minimum Gasteiger partial charge on any atom is -0.488 e. The Labute approximate surface area is 154 Å². The molecule has 0 heterocycles. The number of rotatable bonds is 9. The maximum absolute atomic E-state index is 12.3. The summed E-state index contributed by atoms with van der Waals surface area (Å²) in [6, 6.07) is 10.7. The molecule has 2 rings (SSSR count). The van der Waals surface area contributed by atoms with Gasteiger partial charge in [0.1, 0.15) is 19.0 Å². The summed E-state index contributed by atoms with van der Waals surface area (Å²) < 4.78 is 10.5. The van der Waals surface area contributed by atoms with Crippen molar-refractivity contribution in [2.45, 2.75) is 0 Å². The lowest BCUT2D eigenvalue weighted by atomic mass is 10.1. The summed E-state index contributed by atoms with van der Waals surface area (Å²) in [6.07, 6.45) is 0. The normalized spacial score (nSPS) is 10.2. The molecule has 0 aromatic heterocycles. The molecule has 0 unspecified atom stereocenters. The summed E-state index contributed by atoms with van der Waals surface area (Å²) in [5, 5.41) is 23.0. The standard InChI is InChI=1S/C17H17ClN2O6/c18-14-3-1-2-4-16(14)25-9-10-26-17(22)13-11-12(20(23)24)5-6-15(13)19-7-8-21/h1-6,11,19,21H,7-10H2. The summed E-state index contributed by atoms with van der Waals surface area (Å²) in [7, 11) is 0. The van der Waals surface area contributed by atoms with Crippen molar-refractivity contribution in [3.05, 3.63) is 63.2 Å². The number of aliphatic hydroxyl groups is 1. The van der Waals surface area contributed by atoms with E-state index in [9.17, 15) is 14.9 Å². The van der Waals surface area contributed by atoms with Gasteiger partial charge in [-0.2, -0.15) is 0 Å². The van der Waals surface area contributed by atoms with Gasteiger partial charge in [0.15, 0.2) is 0 Å². The van der Waals surface area contributed by atoms with E-state index >= 15 is 0 Å². The minimum atomic E-state index is -0.739. The number of non-ortho nitro benzene ring substituents is 1. The lowest BCUT2D eigenvalue weighted by molar-refractivity contribution is -0.384. The topological polar surface area (TPSA) is 111 Å². The molecule has 0 spiro atoms. The van der Waals surface area contributed by atoms with Crippen LogP contribution in [0.1, 0.15) is 10.4 Å². The molecule has 0 aliphatic rings. The fraction of sp³-hybridized carbons (Fsp3) is 0.235. The molecule has 8 nitrogen and oxygen atoms in total. The van der Waals surface area contributed by atoms with E-state index in [-0.39, 0.29) is 37.6 Å². The van der Waals surface area contributed by atoms with E-state index in [1.807, 2.05) is 0 Å². The predicted molar refractivity (Wildman–Crippen MR) is 95.9 cm³/mol. The van der Waals surface area contributed by atoms with Crippen molar-refractivity contribution in [2.24, 2.45) is 0 Å². The van der Waals surface area contributed by atoms with Crippen LogP contribution in [0.2, 0.25) is 5.02 Å². The fourth-order valence-corrected chi connectivity index (χ4v) is 2.28. The quantitative estimate of drug-likeness (QED) is 0.298. The Morgan fingerprint density at radius 1 is 1.23 bits per heavy atom. The van der Waals surface area contributed by atoms with E-state index in [0.717, 1.165) is 6.07 Å². The number of para-hydroxylation sites is 1. The summed E-state index contributed by atoms with van der Waals surface area (Å²) >= 11 is 5.95. The molecule has 0 saturated heterocycles. The average molecular weight is 381 g/mol. The molecular formula is C17H17ClN2O6. The lowest BCUT2D eigenvalue weighted by Crippen LogP contribution is -2.15. The SMILES string of the molecule is O=C(OCCOc1ccccc1Cl)c1cc([N+](=O)[O-])ccc1NCCO. The van der Waals surface area contributed by atoms with Gasteiger partial charge in [0.25, 0.3) is 5.69 Å². The molecule has 0 aliphatic heterocycles. The number of nitro groups is 1. The van der Waals surface area contributed by atoms with Crippen LogP contribution in [0.3, 0.4) is 0 Å². The van der Waals surface area contributed by atoms with E-state index in [2.05, 4.69) is 5.32 Å². The number of hydrogen-bond acceptors (Lipinski definition) is 7. The van der Waals surface area contributed by atoms with Gasteiger partial charge in [0.05, 0.1) is 22.1 Å². The third-order valence-corrected chi connectivity index (χ3v) is 3.58. The van der Waals surface area contributed by atoms with Crippen LogP contribution in [-0.2, 0) is 4.74 Å². The molecule has 0 radical (unpaired) electrons. The molecule has 26 heavy (non-hydrogen) atoms. The van der Waals surface area contributed by atoms with E-state index in [0.29, 0.717) is 16.5 Å². The maximum atomic E-state index is 12.3. The van der Waals surface area contributed by atoms with Gasteiger partial charge in [-0.05, 0) is 18.2 Å². The summed E-state index contributed by atoms with van der Waals surface area (Å²) in [6.45, 7) is 0.0425. The number of ether oxygens (including phenoxy) is 2. The summed E-state index contributed by atoms with van der Waals surface area (Å²) in [5.74, 6) is -0.275. The van der Waals surface area contributed by atoms with Gasteiger partial charge in [0, 0.05) is 24.4 Å². The number of hydrogen-bond donors (Lipinski definition) is 2. The Morgan fingerprint density at radius 2 is 2.00 bits per heavy atom. The Balaban J connectivity index is 1.99. The zero-order valence-corrected chi connectivity index (χ0v) is 14.4. The fourth-order valence-electron chi connectivity index (χ4n) is 2.08. The number of aliphatic hydroxyl groups excluding tert-OH is 1. The minimum absolute atomic E-state index is 0.00499. The van der Waals surface area contributed by atoms with Crippen molar-refractivity contribution < 1.29 is 24.3 Å². The smallest absolute Gasteiger partial charge is 0.340 e. The highest BCUT2D eigenvalue weighted by molar-refractivity contribution is 6.32. The third-order valence-electron chi connectivity index (χ3n) is 3.27. The first-order valence-corrected chi connectivity index (χ1v) is 8.08. The molecule has 2 aromatic carbocycles. The second-order valence-corrected chi connectivity index (χ2v) is 5.46. The van der Waals surface area contributed by atoms with E-state index in [1.165, 1.54) is 12.1 Å². The zero-order chi connectivity index (χ0) is 18.9. The van der Waals surface area contributed by atoms with Crippen LogP contribution in [0, 0.1) is 10.1 Å². The van der Waals surface area contributed by atoms with Gasteiger partial charge in [-0.25, -0.2) is 4.79 Å². The third kappa shape index (κ3) is 5.33. The van der Waals surface area contributed by atoms with Gasteiger partial charge >= 0.3 is 5.97 Å². The molecule has 9 heteroatoms. The van der Waals surface area contributed by atoms with Crippen molar-refractivity contribution >= 4 is 28.9 Å². The number of esters is 1. The lowest BCUT2D eigenvalue weighted by Gasteiger charge is -2.12. The van der Waals surface area contributed by atoms with Crippen LogP contribution in [0.25, 0.3) is 0 Å². The molecule has 0 amide bonds. The van der Waals surface area contributed by atoms with Gasteiger partial charge in [0.2, 0.25) is 0 Å². The van der Waals surface area contributed by atoms with Crippen LogP contribution in [-0.4, -0.2) is 42.4 Å². The van der Waals surface area contributed by atoms with Crippen LogP contribution in [0.15, 0.2) is 42.5 Å². The summed E-state index contributed by atoms with van der Waals surface area (Å²) in [5.41, 5.74) is 0.103. The first kappa shape index (κ1) is 19.5. The highest BCUT2D eigenvalue weighted by Crippen LogP contribution is 2.24. The van der Waals surface area contributed by atoms with Crippen molar-refractivity contribution in [3.63, 3.8) is 0 Å². The largest absolute Gasteiger partial charge is 0.488 e. The van der Waals surface area contributed by atoms with Gasteiger partial charge in [-0.3, -0.25) is 10.1 Å². The Bertz CT molecular complexity index is 784. The van der Waals surface area contributed by atoms with Crippen molar-refractivity contribution in [1.82, 2.24) is 0 Å². The monoisotopic (exact) mass is 380 g/mol. The van der Waals surface area contributed by atoms with E-state index in [1.54, 1.807) is 24.3 Å². The van der Waals surface area contributed by atoms with Crippen molar-refractivity contribution in [3.8, 4) is 5.75 Å². The number of halogens is 1. The molecule has 0 fully saturated rings. The Kier molecular flexibility index (Phi) is 7.19. The Morgan fingerprint density at radius 3 is 2.69 bits per heavy atom. The Hall–Kier alpha value is -2.84. The number of anilines is 1. The molecule has 0 saturated carbocycles. The first-order chi connectivity index (χ1) is 12.5. The molecular weight excluding hydrogens is 364 g/mol. The molecule has 0 bridgehead atoms. The number of nitrogens with zero attached hydrogens (tertiary/aromatic N) is 1. The highest BCUT2D eigenvalue weighted by atomic mass is 35.5. The second-order valence-electron chi connectivity index (χ2n) is 5.05. The van der Waals surface area contributed by atoms with E-state index < -0.39 is 10.9 Å². The van der Waals surface area contributed by atoms with Crippen LogP contribution in [0.4, 0.5) is 11.4 Å². The number of carbonyl (C=O) groups excluding carboxylic acids is 1. The molecule has 2 N–H and O–H groups in total. The first-order valence-electron chi connectivity index (χ1n) is 7.70. The predicted octanol–water partition coefficient (Wildman–Crippen LogP) is 2.89. The van der Waals surface area contributed by atoms with Crippen LogP contribution in [0.5, 0.6) is 5.75 Å².